The maximum absolute atomic E-state index is 13.5. The fourth-order valence-electron chi connectivity index (χ4n) is 4.66. The summed E-state index contributed by atoms with van der Waals surface area (Å²) in [5.74, 6) is 6.73. The van der Waals surface area contributed by atoms with Gasteiger partial charge in [0.25, 0.3) is 0 Å². The van der Waals surface area contributed by atoms with Crippen LogP contribution in [0.2, 0.25) is 0 Å². The summed E-state index contributed by atoms with van der Waals surface area (Å²) in [4.78, 5) is 0.108. The number of hydrogen-bond acceptors (Lipinski definition) is 6. The van der Waals surface area contributed by atoms with Crippen molar-refractivity contribution in [1.29, 1.82) is 0 Å². The molecule has 7 nitrogen and oxygen atoms in total. The number of nitrogens with one attached hydrogen (secondary N) is 2. The molecule has 0 spiro atoms. The normalized spacial score (nSPS) is 17.7. The van der Waals surface area contributed by atoms with Crippen molar-refractivity contribution < 1.29 is 31.1 Å². The van der Waals surface area contributed by atoms with E-state index in [4.69, 9.17) is 9.47 Å². The minimum Gasteiger partial charge on any atom is -0.496 e. The Bertz CT molecular complexity index is 1550. The molecule has 0 unspecified atom stereocenters. The SMILES string of the molecule is C=C1C[C@H](Nc2cccc3c2cc(C#CCNc2ccc(S(C)(=O)=O)cc2OC)n3CC(F)(F)F)C[C@H](C)O1. The molecule has 1 aromatic heterocycles. The van der Waals surface area contributed by atoms with Gasteiger partial charge >= 0.3 is 6.18 Å². The van der Waals surface area contributed by atoms with E-state index in [-0.39, 0.29) is 29.3 Å². The molecule has 2 heterocycles. The smallest absolute Gasteiger partial charge is 0.406 e. The summed E-state index contributed by atoms with van der Waals surface area (Å²) in [5, 5.41) is 7.12. The van der Waals surface area contributed by atoms with Gasteiger partial charge in [-0.1, -0.05) is 18.6 Å². The second-order valence-corrected chi connectivity index (χ2v) is 11.5. The number of nitrogens with zero attached hydrogens (tertiary/aromatic N) is 1. The fourth-order valence-corrected chi connectivity index (χ4v) is 5.29. The third-order valence-corrected chi connectivity index (χ3v) is 7.40. The lowest BCUT2D eigenvalue weighted by atomic mass is 10.0. The summed E-state index contributed by atoms with van der Waals surface area (Å²) in [6.45, 7) is 4.79. The summed E-state index contributed by atoms with van der Waals surface area (Å²) in [6.07, 6.45) is -2.00. The van der Waals surface area contributed by atoms with Gasteiger partial charge < -0.3 is 24.7 Å². The Kier molecular flexibility index (Phi) is 8.07. The number of benzene rings is 2. The highest BCUT2D eigenvalue weighted by molar-refractivity contribution is 7.90. The van der Waals surface area contributed by atoms with E-state index in [0.29, 0.717) is 34.5 Å². The van der Waals surface area contributed by atoms with Crippen molar-refractivity contribution in [2.24, 2.45) is 0 Å². The van der Waals surface area contributed by atoms with E-state index in [1.165, 1.54) is 23.8 Å². The molecule has 1 saturated heterocycles. The first-order valence-corrected chi connectivity index (χ1v) is 14.1. The lowest BCUT2D eigenvalue weighted by Crippen LogP contribution is -2.31. The predicted molar refractivity (Wildman–Crippen MR) is 146 cm³/mol. The van der Waals surface area contributed by atoms with E-state index in [1.54, 1.807) is 24.3 Å². The molecule has 3 aromatic rings. The van der Waals surface area contributed by atoms with Gasteiger partial charge in [0.05, 0.1) is 47.3 Å². The molecular weight excluding hydrogens is 531 g/mol. The average molecular weight is 562 g/mol. The molecule has 1 aliphatic heterocycles. The molecule has 11 heteroatoms. The Morgan fingerprint density at radius 2 is 1.97 bits per heavy atom. The van der Waals surface area contributed by atoms with Gasteiger partial charge in [-0.05, 0) is 43.2 Å². The van der Waals surface area contributed by atoms with Gasteiger partial charge in [0.1, 0.15) is 12.3 Å². The Hall–Kier alpha value is -3.78. The number of anilines is 2. The quantitative estimate of drug-likeness (QED) is 0.367. The number of aromatic nitrogens is 1. The minimum atomic E-state index is -4.44. The third kappa shape index (κ3) is 7.00. The molecule has 0 radical (unpaired) electrons. The molecule has 39 heavy (non-hydrogen) atoms. The number of hydrogen-bond donors (Lipinski definition) is 2. The van der Waals surface area contributed by atoms with Gasteiger partial charge in [-0.25, -0.2) is 8.42 Å². The summed E-state index contributed by atoms with van der Waals surface area (Å²) in [5.41, 5.74) is 1.88. The zero-order valence-electron chi connectivity index (χ0n) is 21.9. The molecule has 2 atom stereocenters. The van der Waals surface area contributed by atoms with Crippen LogP contribution in [-0.4, -0.2) is 51.2 Å². The minimum absolute atomic E-state index is 0.00656. The van der Waals surface area contributed by atoms with E-state index < -0.39 is 22.6 Å². The Morgan fingerprint density at radius 3 is 2.64 bits per heavy atom. The van der Waals surface area contributed by atoms with Crippen LogP contribution < -0.4 is 15.4 Å². The topological polar surface area (TPSA) is 81.6 Å². The Balaban J connectivity index is 1.61. The average Bonchev–Trinajstić information content (AvgIpc) is 3.17. The van der Waals surface area contributed by atoms with Crippen LogP contribution in [0.5, 0.6) is 5.75 Å². The summed E-state index contributed by atoms with van der Waals surface area (Å²) in [7, 11) is -2.00. The standard InChI is InChI=1S/C28H30F3N3O4S/c1-18-13-20(14-19(2)38-18)33-24-8-5-9-26-23(24)15-21(34(26)17-28(29,30)31)7-6-12-32-25-11-10-22(39(4,35)36)16-27(25)37-3/h5,8-11,15-16,19-20,32-33H,1,12-14,17H2,2-4H3/t19-,20-/m0/s1. The number of ether oxygens (including phenoxy) is 2. The number of halogens is 3. The first-order valence-electron chi connectivity index (χ1n) is 12.2. The van der Waals surface area contributed by atoms with Crippen LogP contribution in [0.3, 0.4) is 0 Å². The Morgan fingerprint density at radius 1 is 1.21 bits per heavy atom. The maximum atomic E-state index is 13.5. The zero-order valence-corrected chi connectivity index (χ0v) is 22.7. The first-order chi connectivity index (χ1) is 18.3. The van der Waals surface area contributed by atoms with Crippen LogP contribution in [0.25, 0.3) is 10.9 Å². The molecule has 4 rings (SSSR count). The molecule has 0 saturated carbocycles. The second kappa shape index (κ2) is 11.1. The van der Waals surface area contributed by atoms with E-state index >= 15 is 0 Å². The van der Waals surface area contributed by atoms with Crippen LogP contribution in [0.15, 0.2) is 59.7 Å². The molecule has 2 N–H and O–H groups in total. The molecular formula is C28H30F3N3O4S. The van der Waals surface area contributed by atoms with Gasteiger partial charge in [-0.15, -0.1) is 0 Å². The highest BCUT2D eigenvalue weighted by Gasteiger charge is 2.30. The second-order valence-electron chi connectivity index (χ2n) is 9.51. The zero-order chi connectivity index (χ0) is 28.4. The van der Waals surface area contributed by atoms with Crippen molar-refractivity contribution in [3.05, 3.63) is 60.5 Å². The van der Waals surface area contributed by atoms with Crippen LogP contribution >= 0.6 is 0 Å². The van der Waals surface area contributed by atoms with Crippen LogP contribution in [0.4, 0.5) is 24.5 Å². The van der Waals surface area contributed by atoms with E-state index in [9.17, 15) is 21.6 Å². The molecule has 0 aliphatic carbocycles. The van der Waals surface area contributed by atoms with Crippen molar-refractivity contribution >= 4 is 32.1 Å². The van der Waals surface area contributed by atoms with E-state index in [0.717, 1.165) is 18.4 Å². The predicted octanol–water partition coefficient (Wildman–Crippen LogP) is 5.57. The molecule has 1 aliphatic rings. The Labute approximate surface area is 225 Å². The number of fused-ring (bicyclic) bond motifs is 1. The van der Waals surface area contributed by atoms with Crippen molar-refractivity contribution in [2.45, 2.75) is 49.5 Å². The molecule has 0 bridgehead atoms. The van der Waals surface area contributed by atoms with E-state index in [2.05, 4.69) is 29.1 Å². The fraction of sp³-hybridized carbons (Fsp3) is 0.357. The maximum Gasteiger partial charge on any atom is 0.406 e. The first kappa shape index (κ1) is 28.2. The molecule has 2 aromatic carbocycles. The van der Waals surface area contributed by atoms with Gasteiger partial charge in [0, 0.05) is 42.3 Å². The lowest BCUT2D eigenvalue weighted by molar-refractivity contribution is -0.140. The van der Waals surface area contributed by atoms with Gasteiger partial charge in [-0.2, -0.15) is 13.2 Å². The van der Waals surface area contributed by atoms with Crippen LogP contribution in [0.1, 0.15) is 25.5 Å². The van der Waals surface area contributed by atoms with Crippen molar-refractivity contribution in [3.63, 3.8) is 0 Å². The van der Waals surface area contributed by atoms with Crippen LogP contribution in [-0.2, 0) is 21.1 Å². The van der Waals surface area contributed by atoms with Crippen molar-refractivity contribution in [1.82, 2.24) is 4.57 Å². The van der Waals surface area contributed by atoms with Crippen LogP contribution in [0, 0.1) is 11.8 Å². The van der Waals surface area contributed by atoms with Crippen molar-refractivity contribution in [3.8, 4) is 17.6 Å². The van der Waals surface area contributed by atoms with E-state index in [1.807, 2.05) is 13.0 Å². The highest BCUT2D eigenvalue weighted by Crippen LogP contribution is 2.32. The van der Waals surface area contributed by atoms with Gasteiger partial charge in [0.15, 0.2) is 9.84 Å². The van der Waals surface area contributed by atoms with Gasteiger partial charge in [-0.3, -0.25) is 0 Å². The monoisotopic (exact) mass is 561 g/mol. The van der Waals surface area contributed by atoms with Gasteiger partial charge in [0.2, 0.25) is 0 Å². The van der Waals surface area contributed by atoms with Crippen molar-refractivity contribution in [2.75, 3.05) is 30.5 Å². The summed E-state index contributed by atoms with van der Waals surface area (Å²) in [6, 6.07) is 11.3. The molecule has 0 amide bonds. The molecule has 208 valence electrons. The molecule has 1 fully saturated rings. The summed E-state index contributed by atoms with van der Waals surface area (Å²) >= 11 is 0. The number of rotatable bonds is 7. The number of alkyl halides is 3. The largest absolute Gasteiger partial charge is 0.496 e. The number of methoxy groups -OCH3 is 1. The highest BCUT2D eigenvalue weighted by atomic mass is 32.2. The summed E-state index contributed by atoms with van der Waals surface area (Å²) < 4.78 is 76.2. The third-order valence-electron chi connectivity index (χ3n) is 6.29. The lowest BCUT2D eigenvalue weighted by Gasteiger charge is -2.31. The number of sulfone groups is 1.